The monoisotopic (exact) mass is 374 g/mol. The van der Waals surface area contributed by atoms with Crippen LogP contribution in [-0.2, 0) is 11.3 Å². The van der Waals surface area contributed by atoms with Gasteiger partial charge >= 0.3 is 0 Å². The standard InChI is InChI=1S/C22H22N4O2/c1-3-18(22(28)23-14-16-9-5-4-6-10-16)26-19-12-8-7-11-17(19)21-24-20(27)13-15(2)25(21)26/h4-13,18H,3,14H2,1-2H3,(H,23,28)/t18-/m1/s1. The van der Waals surface area contributed by atoms with Crippen LogP contribution < -0.4 is 10.9 Å². The van der Waals surface area contributed by atoms with Crippen molar-refractivity contribution in [3.05, 3.63) is 82.3 Å². The number of benzene rings is 2. The minimum absolute atomic E-state index is 0.0629. The second kappa shape index (κ2) is 7.31. The summed E-state index contributed by atoms with van der Waals surface area (Å²) in [7, 11) is 0. The highest BCUT2D eigenvalue weighted by atomic mass is 16.2. The number of fused-ring (bicyclic) bond motifs is 3. The molecule has 0 saturated heterocycles. The Morgan fingerprint density at radius 1 is 1.11 bits per heavy atom. The van der Waals surface area contributed by atoms with Gasteiger partial charge in [0.1, 0.15) is 6.04 Å². The minimum atomic E-state index is -0.422. The second-order valence-electron chi connectivity index (χ2n) is 6.86. The average molecular weight is 374 g/mol. The minimum Gasteiger partial charge on any atom is -0.350 e. The Labute approximate surface area is 162 Å². The molecule has 0 aliphatic rings. The van der Waals surface area contributed by atoms with Crippen molar-refractivity contribution in [3.8, 4) is 0 Å². The predicted molar refractivity (Wildman–Crippen MR) is 109 cm³/mol. The fourth-order valence-corrected chi connectivity index (χ4v) is 3.69. The van der Waals surface area contributed by atoms with Crippen LogP contribution in [0.1, 0.15) is 30.6 Å². The Balaban J connectivity index is 1.81. The van der Waals surface area contributed by atoms with E-state index in [0.29, 0.717) is 18.6 Å². The summed E-state index contributed by atoms with van der Waals surface area (Å²) in [5.74, 6) is -0.0629. The molecule has 2 heterocycles. The van der Waals surface area contributed by atoms with E-state index < -0.39 is 6.04 Å². The van der Waals surface area contributed by atoms with Crippen LogP contribution in [0.3, 0.4) is 0 Å². The third-order valence-corrected chi connectivity index (χ3v) is 4.98. The third-order valence-electron chi connectivity index (χ3n) is 4.98. The molecule has 4 rings (SSSR count). The summed E-state index contributed by atoms with van der Waals surface area (Å²) in [6.07, 6.45) is 0.611. The van der Waals surface area contributed by atoms with Crippen LogP contribution in [0, 0.1) is 6.92 Å². The summed E-state index contributed by atoms with van der Waals surface area (Å²) in [6, 6.07) is 18.6. The van der Waals surface area contributed by atoms with Crippen molar-refractivity contribution in [3.63, 3.8) is 0 Å². The molecule has 28 heavy (non-hydrogen) atoms. The molecule has 0 aliphatic heterocycles. The van der Waals surface area contributed by atoms with Crippen LogP contribution in [0.15, 0.2) is 65.5 Å². The van der Waals surface area contributed by atoms with Crippen LogP contribution in [-0.4, -0.2) is 20.1 Å². The van der Waals surface area contributed by atoms with E-state index in [0.717, 1.165) is 22.2 Å². The third kappa shape index (κ3) is 3.07. The van der Waals surface area contributed by atoms with E-state index in [1.54, 1.807) is 0 Å². The molecule has 0 bridgehead atoms. The smallest absolute Gasteiger partial charge is 0.273 e. The lowest BCUT2D eigenvalue weighted by Gasteiger charge is -2.20. The van der Waals surface area contributed by atoms with Crippen molar-refractivity contribution in [2.45, 2.75) is 32.9 Å². The molecule has 0 unspecified atom stereocenters. The van der Waals surface area contributed by atoms with Crippen molar-refractivity contribution in [2.24, 2.45) is 0 Å². The first kappa shape index (κ1) is 18.0. The predicted octanol–water partition coefficient (Wildman–Crippen LogP) is 3.23. The topological polar surface area (TPSA) is 68.4 Å². The molecule has 2 aromatic carbocycles. The Kier molecular flexibility index (Phi) is 4.69. The van der Waals surface area contributed by atoms with E-state index in [4.69, 9.17) is 0 Å². The zero-order valence-electron chi connectivity index (χ0n) is 15.9. The van der Waals surface area contributed by atoms with Crippen LogP contribution >= 0.6 is 0 Å². The fraction of sp³-hybridized carbons (Fsp3) is 0.227. The lowest BCUT2D eigenvalue weighted by atomic mass is 10.1. The molecule has 1 amide bonds. The summed E-state index contributed by atoms with van der Waals surface area (Å²) in [5.41, 5.74) is 2.98. The Morgan fingerprint density at radius 2 is 1.82 bits per heavy atom. The molecule has 0 radical (unpaired) electrons. The molecule has 0 spiro atoms. The van der Waals surface area contributed by atoms with E-state index in [1.807, 2.05) is 77.6 Å². The van der Waals surface area contributed by atoms with Gasteiger partial charge in [-0.25, -0.2) is 4.52 Å². The van der Waals surface area contributed by atoms with Gasteiger partial charge in [0.2, 0.25) is 5.91 Å². The van der Waals surface area contributed by atoms with Gasteiger partial charge in [0.05, 0.1) is 5.52 Å². The number of nitrogens with one attached hydrogen (secondary N) is 1. The van der Waals surface area contributed by atoms with E-state index in [9.17, 15) is 9.59 Å². The van der Waals surface area contributed by atoms with Crippen molar-refractivity contribution in [2.75, 3.05) is 0 Å². The van der Waals surface area contributed by atoms with Gasteiger partial charge in [-0.15, -0.1) is 0 Å². The molecule has 6 heteroatoms. The van der Waals surface area contributed by atoms with E-state index >= 15 is 0 Å². The van der Waals surface area contributed by atoms with Gasteiger partial charge in [0.15, 0.2) is 5.65 Å². The number of aryl methyl sites for hydroxylation is 1. The molecule has 4 aromatic rings. The van der Waals surface area contributed by atoms with Crippen LogP contribution in [0.25, 0.3) is 16.6 Å². The lowest BCUT2D eigenvalue weighted by Crippen LogP contribution is -2.34. The number of hydrogen-bond donors (Lipinski definition) is 1. The average Bonchev–Trinajstić information content (AvgIpc) is 3.03. The molecule has 2 aromatic heterocycles. The quantitative estimate of drug-likeness (QED) is 0.583. The van der Waals surface area contributed by atoms with Gasteiger partial charge in [-0.1, -0.05) is 49.4 Å². The molecule has 1 atom stereocenters. The van der Waals surface area contributed by atoms with Crippen LogP contribution in [0.4, 0.5) is 0 Å². The van der Waals surface area contributed by atoms with E-state index in [2.05, 4.69) is 10.3 Å². The summed E-state index contributed by atoms with van der Waals surface area (Å²) in [4.78, 5) is 29.3. The molecule has 142 valence electrons. The highest BCUT2D eigenvalue weighted by Crippen LogP contribution is 2.26. The van der Waals surface area contributed by atoms with Gasteiger partial charge in [-0.2, -0.15) is 4.98 Å². The van der Waals surface area contributed by atoms with Gasteiger partial charge in [0.25, 0.3) is 5.56 Å². The fourth-order valence-electron chi connectivity index (χ4n) is 3.69. The van der Waals surface area contributed by atoms with Crippen LogP contribution in [0.2, 0.25) is 0 Å². The Morgan fingerprint density at radius 3 is 2.57 bits per heavy atom. The summed E-state index contributed by atoms with van der Waals surface area (Å²) < 4.78 is 3.83. The number of aromatic nitrogens is 3. The zero-order chi connectivity index (χ0) is 19.7. The summed E-state index contributed by atoms with van der Waals surface area (Å²) >= 11 is 0. The molecule has 6 nitrogen and oxygen atoms in total. The highest BCUT2D eigenvalue weighted by molar-refractivity contribution is 5.94. The van der Waals surface area contributed by atoms with Gasteiger partial charge in [-0.05, 0) is 31.0 Å². The summed E-state index contributed by atoms with van der Waals surface area (Å²) in [6.45, 7) is 4.32. The maximum Gasteiger partial charge on any atom is 0.273 e. The largest absolute Gasteiger partial charge is 0.350 e. The number of rotatable bonds is 5. The van der Waals surface area contributed by atoms with Gasteiger partial charge < -0.3 is 5.32 Å². The number of hydrogen-bond acceptors (Lipinski definition) is 3. The molecular weight excluding hydrogens is 352 g/mol. The second-order valence-corrected chi connectivity index (χ2v) is 6.86. The first-order valence-electron chi connectivity index (χ1n) is 9.41. The van der Waals surface area contributed by atoms with Crippen molar-refractivity contribution in [1.29, 1.82) is 0 Å². The van der Waals surface area contributed by atoms with Gasteiger partial charge in [0, 0.05) is 23.7 Å². The molecule has 0 fully saturated rings. The molecule has 0 saturated carbocycles. The van der Waals surface area contributed by atoms with Crippen molar-refractivity contribution >= 4 is 22.5 Å². The Hall–Kier alpha value is -3.41. The zero-order valence-corrected chi connectivity index (χ0v) is 15.9. The Bertz CT molecular complexity index is 1210. The number of para-hydroxylation sites is 1. The SMILES string of the molecule is CC[C@H](C(=O)NCc1ccccc1)n1c2ccccc2c2nc(=O)cc(C)n21. The number of carbonyl (C=O) groups excluding carboxylic acids is 1. The number of carbonyl (C=O) groups is 1. The first-order valence-corrected chi connectivity index (χ1v) is 9.41. The molecule has 1 N–H and O–H groups in total. The van der Waals surface area contributed by atoms with Gasteiger partial charge in [-0.3, -0.25) is 14.3 Å². The normalized spacial score (nSPS) is 12.4. The number of amides is 1. The van der Waals surface area contributed by atoms with Crippen molar-refractivity contribution in [1.82, 2.24) is 19.5 Å². The van der Waals surface area contributed by atoms with Crippen molar-refractivity contribution < 1.29 is 4.79 Å². The summed E-state index contributed by atoms with van der Waals surface area (Å²) in [5, 5.41) is 3.90. The highest BCUT2D eigenvalue weighted by Gasteiger charge is 2.24. The maximum atomic E-state index is 13.1. The lowest BCUT2D eigenvalue weighted by molar-refractivity contribution is -0.124. The first-order chi connectivity index (χ1) is 13.6. The maximum absolute atomic E-state index is 13.1. The van der Waals surface area contributed by atoms with Crippen LogP contribution in [0.5, 0.6) is 0 Å². The number of nitrogens with zero attached hydrogens (tertiary/aromatic N) is 3. The molecule has 0 aliphatic carbocycles. The molecular formula is C22H22N4O2. The van der Waals surface area contributed by atoms with E-state index in [-0.39, 0.29) is 11.5 Å². The van der Waals surface area contributed by atoms with E-state index in [1.165, 1.54) is 6.07 Å².